The minimum Gasteiger partial charge on any atom is -0.369 e. The molecule has 2 aromatic rings. The minimum absolute atomic E-state index is 0.374. The minimum atomic E-state index is 0.374. The number of hydrogen-bond acceptors (Lipinski definition) is 5. The van der Waals surface area contributed by atoms with E-state index in [1.807, 2.05) is 18.5 Å². The van der Waals surface area contributed by atoms with Crippen molar-refractivity contribution in [1.82, 2.24) is 30.3 Å². The Morgan fingerprint density at radius 2 is 2.00 bits per heavy atom. The fraction of sp³-hybridized carbons (Fsp3) is 0.609. The molecule has 2 aliphatic rings. The van der Waals surface area contributed by atoms with Crippen LogP contribution in [0.15, 0.2) is 35.3 Å². The number of aliphatic imine (C=N–C) groups is 1. The molecule has 1 aromatic heterocycles. The highest BCUT2D eigenvalue weighted by atomic mass is 15.3. The second kappa shape index (κ2) is 10.1. The maximum absolute atomic E-state index is 4.88. The standard InChI is InChI=1S/C23H36N8/c1-4-30-13-8-11-21(30)15-24-23(25-16-22-28-27-18(2)29(22)3)26-19-12-14-31(17-19)20-9-6-5-7-10-20/h5-7,9-10,19,21H,4,8,11-17H2,1-3H3,(H2,24,25,26). The van der Waals surface area contributed by atoms with Gasteiger partial charge in [0.05, 0.1) is 0 Å². The smallest absolute Gasteiger partial charge is 0.192 e. The van der Waals surface area contributed by atoms with E-state index in [4.69, 9.17) is 4.99 Å². The molecule has 3 heterocycles. The Hall–Kier alpha value is -2.61. The Morgan fingerprint density at radius 3 is 2.74 bits per heavy atom. The van der Waals surface area contributed by atoms with Gasteiger partial charge in [-0.05, 0) is 51.4 Å². The maximum atomic E-state index is 4.88. The van der Waals surface area contributed by atoms with E-state index in [1.165, 1.54) is 25.1 Å². The van der Waals surface area contributed by atoms with Gasteiger partial charge in [0.25, 0.3) is 0 Å². The first-order valence-corrected chi connectivity index (χ1v) is 11.6. The van der Waals surface area contributed by atoms with Crippen LogP contribution < -0.4 is 15.5 Å². The molecular weight excluding hydrogens is 388 g/mol. The van der Waals surface area contributed by atoms with Crippen molar-refractivity contribution in [2.75, 3.05) is 37.6 Å². The van der Waals surface area contributed by atoms with Crippen LogP contribution in [0.5, 0.6) is 0 Å². The summed E-state index contributed by atoms with van der Waals surface area (Å²) >= 11 is 0. The molecule has 168 valence electrons. The zero-order chi connectivity index (χ0) is 21.6. The molecule has 0 bridgehead atoms. The number of nitrogens with one attached hydrogen (secondary N) is 2. The summed E-state index contributed by atoms with van der Waals surface area (Å²) in [5.74, 6) is 2.67. The highest BCUT2D eigenvalue weighted by Crippen LogP contribution is 2.20. The molecule has 0 amide bonds. The van der Waals surface area contributed by atoms with Gasteiger partial charge < -0.3 is 20.1 Å². The van der Waals surface area contributed by atoms with E-state index in [1.54, 1.807) is 0 Å². The van der Waals surface area contributed by atoms with Gasteiger partial charge in [0.2, 0.25) is 0 Å². The molecule has 2 unspecified atom stereocenters. The maximum Gasteiger partial charge on any atom is 0.192 e. The summed E-state index contributed by atoms with van der Waals surface area (Å²) in [5, 5.41) is 15.7. The highest BCUT2D eigenvalue weighted by molar-refractivity contribution is 5.80. The molecule has 31 heavy (non-hydrogen) atoms. The Bertz CT molecular complexity index is 862. The third-order valence-corrected chi connectivity index (χ3v) is 6.62. The van der Waals surface area contributed by atoms with E-state index in [0.717, 1.165) is 50.2 Å². The highest BCUT2D eigenvalue weighted by Gasteiger charge is 2.25. The van der Waals surface area contributed by atoms with Gasteiger partial charge in [-0.2, -0.15) is 0 Å². The first-order valence-electron chi connectivity index (χ1n) is 11.6. The van der Waals surface area contributed by atoms with Crippen molar-refractivity contribution in [3.05, 3.63) is 42.0 Å². The number of guanidine groups is 1. The van der Waals surface area contributed by atoms with Crippen LogP contribution in [0, 0.1) is 6.92 Å². The van der Waals surface area contributed by atoms with Gasteiger partial charge in [0.15, 0.2) is 11.8 Å². The predicted molar refractivity (Wildman–Crippen MR) is 125 cm³/mol. The van der Waals surface area contributed by atoms with Crippen molar-refractivity contribution in [1.29, 1.82) is 0 Å². The topological polar surface area (TPSA) is 73.6 Å². The normalized spacial score (nSPS) is 22.3. The van der Waals surface area contributed by atoms with Crippen LogP contribution in [-0.2, 0) is 13.6 Å². The monoisotopic (exact) mass is 424 g/mol. The summed E-state index contributed by atoms with van der Waals surface area (Å²) in [7, 11) is 1.99. The number of hydrogen-bond donors (Lipinski definition) is 2. The van der Waals surface area contributed by atoms with E-state index in [-0.39, 0.29) is 0 Å². The van der Waals surface area contributed by atoms with E-state index in [9.17, 15) is 0 Å². The first-order chi connectivity index (χ1) is 15.1. The average Bonchev–Trinajstić information content (AvgIpc) is 3.52. The molecule has 8 nitrogen and oxygen atoms in total. The van der Waals surface area contributed by atoms with Crippen LogP contribution >= 0.6 is 0 Å². The fourth-order valence-corrected chi connectivity index (χ4v) is 4.59. The molecule has 0 saturated carbocycles. The molecule has 2 atom stereocenters. The van der Waals surface area contributed by atoms with Crippen molar-refractivity contribution in [2.45, 2.75) is 51.7 Å². The third-order valence-electron chi connectivity index (χ3n) is 6.62. The Balaban J connectivity index is 1.40. The van der Waals surface area contributed by atoms with Crippen LogP contribution in [0.2, 0.25) is 0 Å². The van der Waals surface area contributed by atoms with Crippen LogP contribution in [0.4, 0.5) is 5.69 Å². The van der Waals surface area contributed by atoms with E-state index in [2.05, 4.69) is 67.9 Å². The quantitative estimate of drug-likeness (QED) is 0.523. The van der Waals surface area contributed by atoms with Crippen molar-refractivity contribution in [2.24, 2.45) is 12.0 Å². The summed E-state index contributed by atoms with van der Waals surface area (Å²) in [6.45, 7) is 10.0. The zero-order valence-corrected chi connectivity index (χ0v) is 19.1. The number of aromatic nitrogens is 3. The van der Waals surface area contributed by atoms with Crippen LogP contribution in [0.1, 0.15) is 37.8 Å². The van der Waals surface area contributed by atoms with Gasteiger partial charge in [-0.15, -0.1) is 10.2 Å². The van der Waals surface area contributed by atoms with Crippen LogP contribution in [-0.4, -0.2) is 70.4 Å². The van der Waals surface area contributed by atoms with Crippen molar-refractivity contribution >= 4 is 11.6 Å². The number of para-hydroxylation sites is 1. The third kappa shape index (κ3) is 5.36. The van der Waals surface area contributed by atoms with Gasteiger partial charge in [0, 0.05) is 44.5 Å². The molecule has 8 heteroatoms. The number of benzene rings is 1. The van der Waals surface area contributed by atoms with Crippen LogP contribution in [0.3, 0.4) is 0 Å². The lowest BCUT2D eigenvalue weighted by Gasteiger charge is -2.25. The first kappa shape index (κ1) is 21.6. The summed E-state index contributed by atoms with van der Waals surface area (Å²) in [6.07, 6.45) is 3.64. The molecule has 4 rings (SSSR count). The Kier molecular flexibility index (Phi) is 7.06. The van der Waals surface area contributed by atoms with Gasteiger partial charge in [-0.3, -0.25) is 4.90 Å². The molecule has 2 aliphatic heterocycles. The zero-order valence-electron chi connectivity index (χ0n) is 19.1. The number of anilines is 1. The summed E-state index contributed by atoms with van der Waals surface area (Å²) < 4.78 is 2.00. The van der Waals surface area contributed by atoms with Gasteiger partial charge in [-0.25, -0.2) is 4.99 Å². The fourth-order valence-electron chi connectivity index (χ4n) is 4.59. The predicted octanol–water partition coefficient (Wildman–Crippen LogP) is 1.92. The number of likely N-dealkylation sites (tertiary alicyclic amines) is 1. The molecule has 2 N–H and O–H groups in total. The molecular formula is C23H36N8. The molecule has 0 radical (unpaired) electrons. The molecule has 0 spiro atoms. The summed E-state index contributed by atoms with van der Waals surface area (Å²) in [4.78, 5) is 9.88. The lowest BCUT2D eigenvalue weighted by atomic mass is 10.2. The second-order valence-electron chi connectivity index (χ2n) is 8.60. The van der Waals surface area contributed by atoms with E-state index in [0.29, 0.717) is 18.6 Å². The van der Waals surface area contributed by atoms with E-state index >= 15 is 0 Å². The molecule has 0 aliphatic carbocycles. The van der Waals surface area contributed by atoms with Crippen molar-refractivity contribution in [3.63, 3.8) is 0 Å². The Morgan fingerprint density at radius 1 is 1.16 bits per heavy atom. The average molecular weight is 425 g/mol. The van der Waals surface area contributed by atoms with Crippen molar-refractivity contribution in [3.8, 4) is 0 Å². The number of nitrogens with zero attached hydrogens (tertiary/aromatic N) is 6. The van der Waals surface area contributed by atoms with Gasteiger partial charge in [-0.1, -0.05) is 25.1 Å². The van der Waals surface area contributed by atoms with Crippen LogP contribution in [0.25, 0.3) is 0 Å². The summed E-state index contributed by atoms with van der Waals surface area (Å²) in [6, 6.07) is 11.6. The lowest BCUT2D eigenvalue weighted by Crippen LogP contribution is -2.48. The van der Waals surface area contributed by atoms with Gasteiger partial charge in [0.1, 0.15) is 12.4 Å². The summed E-state index contributed by atoms with van der Waals surface area (Å²) in [5.41, 5.74) is 1.29. The van der Waals surface area contributed by atoms with Crippen molar-refractivity contribution < 1.29 is 0 Å². The Labute approximate surface area is 185 Å². The SMILES string of the molecule is CCN1CCCC1CNC(=NCc1nnc(C)n1C)NC1CCN(c2ccccc2)C1. The molecule has 2 fully saturated rings. The van der Waals surface area contributed by atoms with Gasteiger partial charge >= 0.3 is 0 Å². The number of aryl methyl sites for hydroxylation is 1. The lowest BCUT2D eigenvalue weighted by molar-refractivity contribution is 0.267. The second-order valence-corrected chi connectivity index (χ2v) is 8.60. The number of rotatable bonds is 7. The van der Waals surface area contributed by atoms with E-state index < -0.39 is 0 Å². The number of likely N-dealkylation sites (N-methyl/N-ethyl adjacent to an activating group) is 1. The molecule has 1 aromatic carbocycles. The molecule has 2 saturated heterocycles. The largest absolute Gasteiger partial charge is 0.369 e.